The molecule has 0 saturated heterocycles. The first-order valence-corrected chi connectivity index (χ1v) is 14.0. The number of rotatable bonds is 18. The van der Waals surface area contributed by atoms with Crippen molar-refractivity contribution in [1.82, 2.24) is 30.9 Å². The third kappa shape index (κ3) is 9.93. The molecule has 43 heavy (non-hydrogen) atoms. The van der Waals surface area contributed by atoms with Crippen molar-refractivity contribution in [3.05, 3.63) is 54.2 Å². The Morgan fingerprint density at radius 3 is 2.26 bits per heavy atom. The largest absolute Gasteiger partial charge is 0.480 e. The van der Waals surface area contributed by atoms with Gasteiger partial charge in [0.25, 0.3) is 0 Å². The Kier molecular flexibility index (Phi) is 12.2. The zero-order valence-corrected chi connectivity index (χ0v) is 23.7. The van der Waals surface area contributed by atoms with Crippen LogP contribution in [0, 0.1) is 0 Å². The molecule has 4 amide bonds. The van der Waals surface area contributed by atoms with Gasteiger partial charge in [0.2, 0.25) is 23.6 Å². The zero-order valence-electron chi connectivity index (χ0n) is 23.7. The van der Waals surface area contributed by atoms with Crippen LogP contribution in [0.5, 0.6) is 0 Å². The van der Waals surface area contributed by atoms with Crippen molar-refractivity contribution in [2.45, 2.75) is 69.1 Å². The second-order valence-electron chi connectivity index (χ2n) is 10.3. The minimum atomic E-state index is -1.33. The minimum absolute atomic E-state index is 0.00687. The van der Waals surface area contributed by atoms with Crippen molar-refractivity contribution in [1.29, 1.82) is 0 Å². The average Bonchev–Trinajstić information content (AvgIpc) is 3.64. The van der Waals surface area contributed by atoms with Crippen LogP contribution in [0.3, 0.4) is 0 Å². The minimum Gasteiger partial charge on any atom is -0.480 e. The lowest BCUT2D eigenvalue weighted by Crippen LogP contribution is -2.58. The number of hydrogen-bond donors (Lipinski definition) is 9. The molecule has 4 atom stereocenters. The Balaban J connectivity index is 1.83. The van der Waals surface area contributed by atoms with E-state index < -0.39 is 53.8 Å². The Bertz CT molecular complexity index is 1390. The quantitative estimate of drug-likeness (QED) is 0.0807. The molecule has 0 saturated carbocycles. The summed E-state index contributed by atoms with van der Waals surface area (Å²) in [5.41, 5.74) is 18.8. The van der Waals surface area contributed by atoms with Gasteiger partial charge in [0, 0.05) is 48.3 Å². The molecule has 0 fully saturated rings. The predicted octanol–water partition coefficient (Wildman–Crippen LogP) is -1.06. The van der Waals surface area contributed by atoms with E-state index in [0.29, 0.717) is 37.1 Å². The highest BCUT2D eigenvalue weighted by molar-refractivity contribution is 5.95. The summed E-state index contributed by atoms with van der Waals surface area (Å²) in [6.45, 7) is 0.447. The van der Waals surface area contributed by atoms with Gasteiger partial charge < -0.3 is 48.2 Å². The fraction of sp³-hybridized carbons (Fsp3) is 0.429. The molecule has 0 aliphatic carbocycles. The van der Waals surface area contributed by atoms with Gasteiger partial charge in [-0.25, -0.2) is 9.78 Å². The number of fused-ring (bicyclic) bond motifs is 1. The maximum absolute atomic E-state index is 13.5. The highest BCUT2D eigenvalue weighted by Gasteiger charge is 2.31. The number of benzene rings is 1. The molecule has 1 aromatic carbocycles. The Morgan fingerprint density at radius 1 is 0.884 bits per heavy atom. The third-order valence-electron chi connectivity index (χ3n) is 6.94. The number of primary amides is 1. The van der Waals surface area contributed by atoms with Crippen molar-refractivity contribution < 1.29 is 29.1 Å². The van der Waals surface area contributed by atoms with E-state index in [-0.39, 0.29) is 25.7 Å². The summed E-state index contributed by atoms with van der Waals surface area (Å²) in [5.74, 6) is -4.09. The summed E-state index contributed by atoms with van der Waals surface area (Å²) in [6, 6.07) is 2.63. The molecule has 4 unspecified atom stereocenters. The van der Waals surface area contributed by atoms with Crippen LogP contribution in [0.4, 0.5) is 0 Å². The van der Waals surface area contributed by atoms with E-state index in [0.717, 1.165) is 10.9 Å². The molecule has 3 aromatic rings. The first-order valence-electron chi connectivity index (χ1n) is 14.0. The molecule has 0 aliphatic rings. The van der Waals surface area contributed by atoms with Gasteiger partial charge in [0.05, 0.1) is 12.4 Å². The van der Waals surface area contributed by atoms with Gasteiger partial charge in [-0.1, -0.05) is 24.6 Å². The van der Waals surface area contributed by atoms with E-state index in [4.69, 9.17) is 17.2 Å². The number of aliphatic carboxylic acids is 1. The number of nitrogens with zero attached hydrogens (tertiary/aromatic N) is 1. The second-order valence-corrected chi connectivity index (χ2v) is 10.3. The van der Waals surface area contributed by atoms with E-state index in [1.807, 2.05) is 24.3 Å². The summed E-state index contributed by atoms with van der Waals surface area (Å²) < 4.78 is 0. The fourth-order valence-corrected chi connectivity index (χ4v) is 4.56. The summed E-state index contributed by atoms with van der Waals surface area (Å²) in [6.07, 6.45) is 5.72. The molecule has 0 radical (unpaired) electrons. The van der Waals surface area contributed by atoms with Crippen molar-refractivity contribution in [2.75, 3.05) is 6.54 Å². The standard InChI is InChI=1S/C28H39N9O6/c29-10-4-3-6-19(30)25(39)35-21(8-9-24(31)38)26(40)36-22(11-16-13-33-20-7-2-1-5-18(16)20)27(41)37-23(28(42)43)12-17-14-32-15-34-17/h1-2,5,7,13-15,19,21-23,33H,3-4,6,8-12,29-30H2,(H2,31,38)(H,32,34)(H,35,39)(H,36,40)(H,37,41)(H,42,43). The number of nitrogens with two attached hydrogens (primary N) is 3. The Hall–Kier alpha value is -4.76. The van der Waals surface area contributed by atoms with Gasteiger partial charge >= 0.3 is 5.97 Å². The lowest BCUT2D eigenvalue weighted by molar-refractivity contribution is -0.142. The molecule has 2 heterocycles. The number of unbranched alkanes of at least 4 members (excludes halogenated alkanes) is 1. The molecular weight excluding hydrogens is 558 g/mol. The highest BCUT2D eigenvalue weighted by Crippen LogP contribution is 2.19. The molecule has 0 spiro atoms. The van der Waals surface area contributed by atoms with E-state index >= 15 is 0 Å². The number of aromatic nitrogens is 3. The van der Waals surface area contributed by atoms with Gasteiger partial charge in [-0.2, -0.15) is 0 Å². The molecule has 0 aliphatic heterocycles. The first-order chi connectivity index (χ1) is 20.6. The molecule has 0 bridgehead atoms. The van der Waals surface area contributed by atoms with Gasteiger partial charge in [0.1, 0.15) is 18.1 Å². The van der Waals surface area contributed by atoms with E-state index in [2.05, 4.69) is 30.9 Å². The summed E-state index contributed by atoms with van der Waals surface area (Å²) in [4.78, 5) is 73.1. The van der Waals surface area contributed by atoms with Crippen molar-refractivity contribution >= 4 is 40.5 Å². The van der Waals surface area contributed by atoms with Crippen LogP contribution in [-0.4, -0.2) is 80.4 Å². The lowest BCUT2D eigenvalue weighted by atomic mass is 10.0. The number of aromatic amines is 2. The van der Waals surface area contributed by atoms with Crippen LogP contribution in [0.1, 0.15) is 43.4 Å². The van der Waals surface area contributed by atoms with Gasteiger partial charge in [-0.15, -0.1) is 0 Å². The van der Waals surface area contributed by atoms with Gasteiger partial charge in [-0.05, 0) is 37.4 Å². The third-order valence-corrected chi connectivity index (χ3v) is 6.94. The number of carboxylic acid groups (broad SMARTS) is 1. The number of carboxylic acids is 1. The summed E-state index contributed by atoms with van der Waals surface area (Å²) in [7, 11) is 0. The number of imidazole rings is 1. The monoisotopic (exact) mass is 597 g/mol. The van der Waals surface area contributed by atoms with Crippen molar-refractivity contribution in [2.24, 2.45) is 17.2 Å². The highest BCUT2D eigenvalue weighted by atomic mass is 16.4. The van der Waals surface area contributed by atoms with E-state index in [9.17, 15) is 29.1 Å². The fourth-order valence-electron chi connectivity index (χ4n) is 4.56. The van der Waals surface area contributed by atoms with Crippen LogP contribution in [0.25, 0.3) is 10.9 Å². The molecule has 3 rings (SSSR count). The van der Waals surface area contributed by atoms with Crippen molar-refractivity contribution in [3.63, 3.8) is 0 Å². The molecule has 15 heteroatoms. The van der Waals surface area contributed by atoms with Crippen LogP contribution in [0.15, 0.2) is 43.0 Å². The average molecular weight is 598 g/mol. The number of carbonyl (C=O) groups excluding carboxylic acids is 4. The number of amides is 4. The van der Waals surface area contributed by atoms with Crippen LogP contribution in [0.2, 0.25) is 0 Å². The second kappa shape index (κ2) is 16.0. The molecule has 232 valence electrons. The van der Waals surface area contributed by atoms with E-state index in [1.165, 1.54) is 12.5 Å². The maximum Gasteiger partial charge on any atom is 0.326 e. The molecular formula is C28H39N9O6. The first kappa shape index (κ1) is 32.8. The molecule has 12 N–H and O–H groups in total. The van der Waals surface area contributed by atoms with E-state index in [1.54, 1.807) is 6.20 Å². The Labute approximate surface area is 247 Å². The predicted molar refractivity (Wildman–Crippen MR) is 157 cm³/mol. The number of hydrogen-bond acceptors (Lipinski definition) is 8. The van der Waals surface area contributed by atoms with Crippen LogP contribution in [-0.2, 0) is 36.8 Å². The number of carbonyl (C=O) groups is 5. The lowest BCUT2D eigenvalue weighted by Gasteiger charge is -2.25. The molecule has 15 nitrogen and oxygen atoms in total. The number of nitrogens with one attached hydrogen (secondary N) is 5. The topological polar surface area (TPSA) is 264 Å². The van der Waals surface area contributed by atoms with Gasteiger partial charge in [0.15, 0.2) is 0 Å². The van der Waals surface area contributed by atoms with Crippen LogP contribution >= 0.6 is 0 Å². The summed E-state index contributed by atoms with van der Waals surface area (Å²) >= 11 is 0. The summed E-state index contributed by atoms with van der Waals surface area (Å²) in [5, 5.41) is 18.3. The normalized spacial score (nSPS) is 13.9. The smallest absolute Gasteiger partial charge is 0.326 e. The maximum atomic E-state index is 13.5. The van der Waals surface area contributed by atoms with Crippen molar-refractivity contribution in [3.8, 4) is 0 Å². The molecule has 2 aromatic heterocycles. The van der Waals surface area contributed by atoms with Crippen LogP contribution < -0.4 is 33.2 Å². The SMILES string of the molecule is NCCCCC(N)C(=O)NC(CCC(N)=O)C(=O)NC(Cc1c[nH]c2ccccc12)C(=O)NC(Cc1cnc[nH]1)C(=O)O. The Morgan fingerprint density at radius 2 is 1.58 bits per heavy atom. The number of H-pyrrole nitrogens is 2. The number of para-hydroxylation sites is 1. The van der Waals surface area contributed by atoms with Gasteiger partial charge in [-0.3, -0.25) is 19.2 Å². The zero-order chi connectivity index (χ0) is 31.4.